The van der Waals surface area contributed by atoms with Crippen LogP contribution in [0.3, 0.4) is 0 Å². The van der Waals surface area contributed by atoms with E-state index in [1.807, 2.05) is 55.5 Å². The van der Waals surface area contributed by atoms with Crippen molar-refractivity contribution in [3.63, 3.8) is 0 Å². The van der Waals surface area contributed by atoms with Crippen LogP contribution >= 0.6 is 0 Å². The largest absolute Gasteiger partial charge is 0.381 e. The highest BCUT2D eigenvalue weighted by atomic mass is 16.3. The lowest BCUT2D eigenvalue weighted by Crippen LogP contribution is -2.24. The first-order valence-corrected chi connectivity index (χ1v) is 4.84. The summed E-state index contributed by atoms with van der Waals surface area (Å²) in [6.45, 7) is 2.04. The summed E-state index contributed by atoms with van der Waals surface area (Å²) in [5.41, 5.74) is 1.36. The summed E-state index contributed by atoms with van der Waals surface area (Å²) >= 11 is 0. The Morgan fingerprint density at radius 1 is 1.21 bits per heavy atom. The van der Waals surface area contributed by atoms with Gasteiger partial charge in [0.2, 0.25) is 0 Å². The van der Waals surface area contributed by atoms with Crippen LogP contribution in [0.5, 0.6) is 0 Å². The topological polar surface area (TPSA) is 20.2 Å². The van der Waals surface area contributed by atoms with Gasteiger partial charge in [-0.15, -0.1) is 0 Å². The number of hydrogen-bond donors (Lipinski definition) is 1. The van der Waals surface area contributed by atoms with Crippen molar-refractivity contribution in [3.05, 3.63) is 59.7 Å². The van der Waals surface area contributed by atoms with Crippen LogP contribution in [0, 0.1) is 0 Å². The molecule has 0 aromatic heterocycles. The van der Waals surface area contributed by atoms with Gasteiger partial charge in [0, 0.05) is 6.42 Å². The zero-order valence-corrected chi connectivity index (χ0v) is 8.27. The molecule has 0 saturated heterocycles. The lowest BCUT2D eigenvalue weighted by atomic mass is 9.84. The number of aliphatic hydroxyl groups is 1. The SMILES string of the molecule is CC1=CC=CC(O)(c2ccccc2)C1. The fraction of sp³-hybridized carbons (Fsp3) is 0.231. The molecule has 1 unspecified atom stereocenters. The van der Waals surface area contributed by atoms with E-state index < -0.39 is 5.60 Å². The molecule has 1 aromatic carbocycles. The van der Waals surface area contributed by atoms with Crippen molar-refractivity contribution in [2.75, 3.05) is 0 Å². The normalized spacial score (nSPS) is 26.0. The average Bonchev–Trinajstić information content (AvgIpc) is 2.19. The van der Waals surface area contributed by atoms with Crippen molar-refractivity contribution in [1.29, 1.82) is 0 Å². The van der Waals surface area contributed by atoms with E-state index in [1.54, 1.807) is 0 Å². The Bertz CT molecular complexity index is 375. The van der Waals surface area contributed by atoms with E-state index in [4.69, 9.17) is 0 Å². The van der Waals surface area contributed by atoms with Crippen LogP contribution in [0.1, 0.15) is 18.9 Å². The molecule has 0 bridgehead atoms. The number of allylic oxidation sites excluding steroid dienone is 2. The lowest BCUT2D eigenvalue weighted by Gasteiger charge is -2.27. The summed E-state index contributed by atoms with van der Waals surface area (Å²) in [6.07, 6.45) is 6.51. The maximum Gasteiger partial charge on any atom is 0.112 e. The zero-order valence-electron chi connectivity index (χ0n) is 8.27. The van der Waals surface area contributed by atoms with Crippen LogP contribution in [0.15, 0.2) is 54.1 Å². The quantitative estimate of drug-likeness (QED) is 0.715. The van der Waals surface area contributed by atoms with Crippen molar-refractivity contribution < 1.29 is 5.11 Å². The Hall–Kier alpha value is -1.34. The minimum Gasteiger partial charge on any atom is -0.381 e. The van der Waals surface area contributed by atoms with Crippen LogP contribution < -0.4 is 0 Å². The third-order valence-corrected chi connectivity index (χ3v) is 2.57. The highest BCUT2D eigenvalue weighted by molar-refractivity contribution is 5.34. The molecule has 1 aliphatic carbocycles. The first-order chi connectivity index (χ1) is 6.71. The van der Waals surface area contributed by atoms with Gasteiger partial charge in [0.1, 0.15) is 5.60 Å². The van der Waals surface area contributed by atoms with Gasteiger partial charge in [0.05, 0.1) is 0 Å². The van der Waals surface area contributed by atoms with E-state index in [-0.39, 0.29) is 0 Å². The summed E-state index contributed by atoms with van der Waals surface area (Å²) in [5.74, 6) is 0. The van der Waals surface area contributed by atoms with Crippen molar-refractivity contribution >= 4 is 0 Å². The Balaban J connectivity index is 2.35. The molecule has 0 aliphatic heterocycles. The van der Waals surface area contributed by atoms with E-state index in [0.29, 0.717) is 6.42 Å². The summed E-state index contributed by atoms with van der Waals surface area (Å²) in [5, 5.41) is 10.4. The molecule has 0 spiro atoms. The van der Waals surface area contributed by atoms with Gasteiger partial charge in [0.25, 0.3) is 0 Å². The van der Waals surface area contributed by atoms with Crippen LogP contribution in [-0.4, -0.2) is 5.11 Å². The standard InChI is InChI=1S/C13H14O/c1-11-6-5-9-13(14,10-11)12-7-3-2-4-8-12/h2-9,14H,10H2,1H3. The van der Waals surface area contributed by atoms with Gasteiger partial charge in [-0.05, 0) is 18.6 Å². The second-order valence-electron chi connectivity index (χ2n) is 3.84. The summed E-state index contributed by atoms with van der Waals surface area (Å²) < 4.78 is 0. The molecule has 1 atom stereocenters. The highest BCUT2D eigenvalue weighted by Gasteiger charge is 2.27. The van der Waals surface area contributed by atoms with Gasteiger partial charge >= 0.3 is 0 Å². The number of benzene rings is 1. The molecule has 1 aromatic rings. The molecule has 1 N–H and O–H groups in total. The van der Waals surface area contributed by atoms with E-state index in [0.717, 1.165) is 5.56 Å². The molecule has 0 heterocycles. The maximum atomic E-state index is 10.4. The Morgan fingerprint density at radius 2 is 1.93 bits per heavy atom. The molecule has 14 heavy (non-hydrogen) atoms. The van der Waals surface area contributed by atoms with Gasteiger partial charge in [0.15, 0.2) is 0 Å². The van der Waals surface area contributed by atoms with Crippen LogP contribution in [0.4, 0.5) is 0 Å². The smallest absolute Gasteiger partial charge is 0.112 e. The molecule has 1 nitrogen and oxygen atoms in total. The molecule has 0 amide bonds. The van der Waals surface area contributed by atoms with Crippen molar-refractivity contribution in [3.8, 4) is 0 Å². The maximum absolute atomic E-state index is 10.4. The predicted octanol–water partition coefficient (Wildman–Crippen LogP) is 2.78. The van der Waals surface area contributed by atoms with E-state index in [9.17, 15) is 5.11 Å². The van der Waals surface area contributed by atoms with Crippen molar-refractivity contribution in [1.82, 2.24) is 0 Å². The van der Waals surface area contributed by atoms with Crippen molar-refractivity contribution in [2.45, 2.75) is 18.9 Å². The Morgan fingerprint density at radius 3 is 2.57 bits per heavy atom. The lowest BCUT2D eigenvalue weighted by molar-refractivity contribution is 0.0884. The molecule has 1 heteroatoms. The second kappa shape index (κ2) is 3.43. The summed E-state index contributed by atoms with van der Waals surface area (Å²) in [4.78, 5) is 0. The van der Waals surface area contributed by atoms with Gasteiger partial charge in [-0.3, -0.25) is 0 Å². The van der Waals surface area contributed by atoms with E-state index in [2.05, 4.69) is 0 Å². The Kier molecular flexibility index (Phi) is 2.26. The van der Waals surface area contributed by atoms with Crippen LogP contribution in [0.25, 0.3) is 0 Å². The van der Waals surface area contributed by atoms with Crippen molar-refractivity contribution in [2.24, 2.45) is 0 Å². The van der Waals surface area contributed by atoms with E-state index >= 15 is 0 Å². The molecule has 72 valence electrons. The monoisotopic (exact) mass is 186 g/mol. The van der Waals surface area contributed by atoms with Gasteiger partial charge in [-0.25, -0.2) is 0 Å². The average molecular weight is 186 g/mol. The van der Waals surface area contributed by atoms with Gasteiger partial charge in [-0.2, -0.15) is 0 Å². The summed E-state index contributed by atoms with van der Waals surface area (Å²) in [6, 6.07) is 9.79. The van der Waals surface area contributed by atoms with Crippen LogP contribution in [0.2, 0.25) is 0 Å². The zero-order chi connectivity index (χ0) is 10.0. The predicted molar refractivity (Wildman–Crippen MR) is 57.9 cm³/mol. The number of rotatable bonds is 1. The number of hydrogen-bond acceptors (Lipinski definition) is 1. The van der Waals surface area contributed by atoms with Crippen LogP contribution in [-0.2, 0) is 5.60 Å². The molecular formula is C13H14O. The summed E-state index contributed by atoms with van der Waals surface area (Å²) in [7, 11) is 0. The minimum absolute atomic E-state index is 0.688. The fourth-order valence-electron chi connectivity index (χ4n) is 1.84. The Labute approximate surface area is 84.4 Å². The second-order valence-corrected chi connectivity index (χ2v) is 3.84. The molecule has 2 rings (SSSR count). The fourth-order valence-corrected chi connectivity index (χ4v) is 1.84. The van der Waals surface area contributed by atoms with Gasteiger partial charge in [-0.1, -0.05) is 48.1 Å². The first kappa shape index (κ1) is 9.22. The molecule has 0 fully saturated rings. The molecule has 1 aliphatic rings. The van der Waals surface area contributed by atoms with Gasteiger partial charge < -0.3 is 5.11 Å². The van der Waals surface area contributed by atoms with E-state index in [1.165, 1.54) is 5.57 Å². The highest BCUT2D eigenvalue weighted by Crippen LogP contribution is 2.32. The first-order valence-electron chi connectivity index (χ1n) is 4.84. The minimum atomic E-state index is -0.805. The molecule has 0 saturated carbocycles. The molecule has 0 radical (unpaired) electrons. The molecular weight excluding hydrogens is 172 g/mol. The third-order valence-electron chi connectivity index (χ3n) is 2.57. The third kappa shape index (κ3) is 1.64.